The number of fused-ring (bicyclic) bond motifs is 1. The first-order valence-corrected chi connectivity index (χ1v) is 10.3. The Kier molecular flexibility index (Phi) is 4.75. The zero-order valence-electron chi connectivity index (χ0n) is 15.7. The summed E-state index contributed by atoms with van der Waals surface area (Å²) in [5.41, 5.74) is 3.62. The molecule has 1 aliphatic heterocycles. The van der Waals surface area contributed by atoms with Crippen LogP contribution in [0.4, 0.5) is 0 Å². The summed E-state index contributed by atoms with van der Waals surface area (Å²) in [6.07, 6.45) is 6.11. The standard InChI is InChI=1S/C22H19N5OS/c28-21-18-14-27(13-17-12-24-22(29-17)16-4-2-1-3-5-16)11-8-19(18)25-20(26-21)15-6-9-23-10-7-15/h1-7,9-10,12H,8,11,13-14H2,(H,25,26,28). The number of nitrogens with one attached hydrogen (secondary N) is 1. The van der Waals surface area contributed by atoms with E-state index in [9.17, 15) is 4.79 Å². The van der Waals surface area contributed by atoms with Crippen LogP contribution in [0.1, 0.15) is 16.1 Å². The molecule has 0 atom stereocenters. The third-order valence-electron chi connectivity index (χ3n) is 5.06. The van der Waals surface area contributed by atoms with Gasteiger partial charge in [-0.1, -0.05) is 30.3 Å². The second-order valence-corrected chi connectivity index (χ2v) is 8.15. The van der Waals surface area contributed by atoms with Crippen LogP contribution in [0.15, 0.2) is 65.8 Å². The van der Waals surface area contributed by atoms with Gasteiger partial charge in [0, 0.05) is 60.6 Å². The zero-order valence-corrected chi connectivity index (χ0v) is 16.5. The van der Waals surface area contributed by atoms with Crippen LogP contribution in [-0.2, 0) is 19.5 Å². The summed E-state index contributed by atoms with van der Waals surface area (Å²) in [4.78, 5) is 32.4. The minimum atomic E-state index is -0.0548. The van der Waals surface area contributed by atoms with E-state index in [2.05, 4.69) is 32.0 Å². The van der Waals surface area contributed by atoms with Gasteiger partial charge in [-0.3, -0.25) is 14.7 Å². The molecule has 1 aromatic carbocycles. The highest BCUT2D eigenvalue weighted by Gasteiger charge is 2.22. The lowest BCUT2D eigenvalue weighted by Crippen LogP contribution is -2.35. The average molecular weight is 401 g/mol. The molecule has 6 nitrogen and oxygen atoms in total. The Hall–Kier alpha value is -3.16. The second-order valence-electron chi connectivity index (χ2n) is 7.03. The molecule has 0 aliphatic carbocycles. The van der Waals surface area contributed by atoms with Crippen molar-refractivity contribution in [2.24, 2.45) is 0 Å². The van der Waals surface area contributed by atoms with E-state index < -0.39 is 0 Å². The molecular weight excluding hydrogens is 382 g/mol. The molecule has 144 valence electrons. The molecule has 4 heterocycles. The quantitative estimate of drug-likeness (QED) is 0.566. The van der Waals surface area contributed by atoms with E-state index in [1.165, 1.54) is 4.88 Å². The van der Waals surface area contributed by atoms with Crippen molar-refractivity contribution in [3.8, 4) is 22.0 Å². The molecule has 0 unspecified atom stereocenters. The first kappa shape index (κ1) is 17.9. The van der Waals surface area contributed by atoms with Gasteiger partial charge in [0.05, 0.1) is 11.3 Å². The fraction of sp³-hybridized carbons (Fsp3) is 0.182. The fourth-order valence-electron chi connectivity index (χ4n) is 3.58. The molecule has 0 saturated carbocycles. The van der Waals surface area contributed by atoms with Crippen LogP contribution in [0.2, 0.25) is 0 Å². The van der Waals surface area contributed by atoms with Crippen LogP contribution in [-0.4, -0.2) is 31.4 Å². The number of benzene rings is 1. The van der Waals surface area contributed by atoms with Gasteiger partial charge < -0.3 is 4.98 Å². The number of thiazole rings is 1. The maximum atomic E-state index is 12.7. The largest absolute Gasteiger partial charge is 0.306 e. The van der Waals surface area contributed by atoms with Crippen molar-refractivity contribution in [3.63, 3.8) is 0 Å². The van der Waals surface area contributed by atoms with Crippen LogP contribution in [0.3, 0.4) is 0 Å². The molecule has 7 heteroatoms. The lowest BCUT2D eigenvalue weighted by atomic mass is 10.1. The maximum absolute atomic E-state index is 12.7. The molecule has 0 fully saturated rings. The van der Waals surface area contributed by atoms with Crippen molar-refractivity contribution in [1.29, 1.82) is 0 Å². The van der Waals surface area contributed by atoms with Gasteiger partial charge in [0.1, 0.15) is 10.8 Å². The number of H-pyrrole nitrogens is 1. The normalized spacial score (nSPS) is 13.9. The van der Waals surface area contributed by atoms with Crippen LogP contribution in [0.25, 0.3) is 22.0 Å². The van der Waals surface area contributed by atoms with E-state index in [-0.39, 0.29) is 5.56 Å². The van der Waals surface area contributed by atoms with Crippen LogP contribution in [0, 0.1) is 0 Å². The summed E-state index contributed by atoms with van der Waals surface area (Å²) in [7, 11) is 0. The molecule has 0 bridgehead atoms. The van der Waals surface area contributed by atoms with Crippen molar-refractivity contribution >= 4 is 11.3 Å². The molecule has 0 saturated heterocycles. The van der Waals surface area contributed by atoms with Gasteiger partial charge in [-0.25, -0.2) is 9.97 Å². The summed E-state index contributed by atoms with van der Waals surface area (Å²) in [6.45, 7) is 2.26. The van der Waals surface area contributed by atoms with E-state index in [0.717, 1.165) is 46.9 Å². The summed E-state index contributed by atoms with van der Waals surface area (Å²) in [5, 5.41) is 1.03. The SMILES string of the molecule is O=c1[nH]c(-c2ccncc2)nc2c1CN(Cc1cnc(-c3ccccc3)s1)CC2. The molecule has 0 spiro atoms. The highest BCUT2D eigenvalue weighted by Crippen LogP contribution is 2.27. The Labute approximate surface area is 171 Å². The Balaban J connectivity index is 1.34. The Morgan fingerprint density at radius 3 is 2.72 bits per heavy atom. The van der Waals surface area contributed by atoms with Gasteiger partial charge in [0.25, 0.3) is 5.56 Å². The van der Waals surface area contributed by atoms with Crippen molar-refractivity contribution < 1.29 is 0 Å². The van der Waals surface area contributed by atoms with E-state index >= 15 is 0 Å². The minimum Gasteiger partial charge on any atom is -0.306 e. The van der Waals surface area contributed by atoms with E-state index in [1.807, 2.05) is 36.5 Å². The van der Waals surface area contributed by atoms with Gasteiger partial charge >= 0.3 is 0 Å². The third-order valence-corrected chi connectivity index (χ3v) is 6.09. The van der Waals surface area contributed by atoms with Crippen molar-refractivity contribution in [1.82, 2.24) is 24.8 Å². The summed E-state index contributed by atoms with van der Waals surface area (Å²) >= 11 is 1.70. The second kappa shape index (κ2) is 7.69. The first-order valence-electron chi connectivity index (χ1n) is 9.51. The van der Waals surface area contributed by atoms with E-state index in [1.54, 1.807) is 23.7 Å². The number of hydrogen-bond acceptors (Lipinski definition) is 6. The number of aromatic amines is 1. The number of rotatable bonds is 4. The predicted molar refractivity (Wildman–Crippen MR) is 113 cm³/mol. The van der Waals surface area contributed by atoms with Gasteiger partial charge in [-0.2, -0.15) is 0 Å². The van der Waals surface area contributed by atoms with Gasteiger partial charge in [-0.15, -0.1) is 11.3 Å². The van der Waals surface area contributed by atoms with Gasteiger partial charge in [-0.05, 0) is 12.1 Å². The first-order chi connectivity index (χ1) is 14.3. The lowest BCUT2D eigenvalue weighted by molar-refractivity contribution is 0.244. The van der Waals surface area contributed by atoms with E-state index in [0.29, 0.717) is 12.4 Å². The molecule has 0 amide bonds. The highest BCUT2D eigenvalue weighted by molar-refractivity contribution is 7.15. The Morgan fingerprint density at radius 2 is 1.90 bits per heavy atom. The summed E-state index contributed by atoms with van der Waals surface area (Å²) in [5.74, 6) is 0.611. The van der Waals surface area contributed by atoms with Crippen LogP contribution < -0.4 is 5.56 Å². The fourth-order valence-corrected chi connectivity index (χ4v) is 4.54. The molecular formula is C22H19N5OS. The third kappa shape index (κ3) is 3.74. The predicted octanol–water partition coefficient (Wildman–Crippen LogP) is 3.51. The molecule has 0 radical (unpaired) electrons. The van der Waals surface area contributed by atoms with Gasteiger partial charge in [0.15, 0.2) is 0 Å². The number of hydrogen-bond donors (Lipinski definition) is 1. The molecule has 1 aliphatic rings. The van der Waals surface area contributed by atoms with Crippen molar-refractivity contribution in [3.05, 3.63) is 87.5 Å². The molecule has 5 rings (SSSR count). The Bertz CT molecular complexity index is 1190. The zero-order chi connectivity index (χ0) is 19.6. The van der Waals surface area contributed by atoms with E-state index in [4.69, 9.17) is 4.98 Å². The maximum Gasteiger partial charge on any atom is 0.255 e. The number of pyridine rings is 1. The lowest BCUT2D eigenvalue weighted by Gasteiger charge is -2.27. The minimum absolute atomic E-state index is 0.0548. The summed E-state index contributed by atoms with van der Waals surface area (Å²) in [6, 6.07) is 13.9. The van der Waals surface area contributed by atoms with Crippen LogP contribution in [0.5, 0.6) is 0 Å². The van der Waals surface area contributed by atoms with Crippen molar-refractivity contribution in [2.45, 2.75) is 19.5 Å². The van der Waals surface area contributed by atoms with Crippen LogP contribution >= 0.6 is 11.3 Å². The highest BCUT2D eigenvalue weighted by atomic mass is 32.1. The number of aromatic nitrogens is 4. The van der Waals surface area contributed by atoms with Crippen molar-refractivity contribution in [2.75, 3.05) is 6.54 Å². The Morgan fingerprint density at radius 1 is 1.07 bits per heavy atom. The monoisotopic (exact) mass is 401 g/mol. The summed E-state index contributed by atoms with van der Waals surface area (Å²) < 4.78 is 0. The smallest absolute Gasteiger partial charge is 0.255 e. The molecule has 29 heavy (non-hydrogen) atoms. The number of nitrogens with zero attached hydrogens (tertiary/aromatic N) is 4. The average Bonchev–Trinajstić information content (AvgIpc) is 3.24. The topological polar surface area (TPSA) is 74.8 Å². The molecule has 4 aromatic rings. The van der Waals surface area contributed by atoms with Gasteiger partial charge in [0.2, 0.25) is 0 Å². The molecule has 1 N–H and O–H groups in total. The molecule has 3 aromatic heterocycles.